The highest BCUT2D eigenvalue weighted by atomic mass is 16.2. The highest BCUT2D eigenvalue weighted by Gasteiger charge is 2.19. The van der Waals surface area contributed by atoms with Crippen LogP contribution in [-0.4, -0.2) is 5.91 Å². The largest absolute Gasteiger partial charge is 0.362 e. The highest BCUT2D eigenvalue weighted by Crippen LogP contribution is 2.32. The van der Waals surface area contributed by atoms with E-state index in [1.165, 1.54) is 17.6 Å². The van der Waals surface area contributed by atoms with Crippen molar-refractivity contribution in [3.63, 3.8) is 0 Å². The number of anilines is 2. The lowest BCUT2D eigenvalue weighted by atomic mass is 9.86. The minimum Gasteiger partial charge on any atom is -0.362 e. The van der Waals surface area contributed by atoms with Crippen LogP contribution in [0.25, 0.3) is 0 Å². The van der Waals surface area contributed by atoms with Crippen molar-refractivity contribution >= 4 is 17.3 Å². The normalized spacial score (nSPS) is 20.3. The van der Waals surface area contributed by atoms with Gasteiger partial charge >= 0.3 is 0 Å². The summed E-state index contributed by atoms with van der Waals surface area (Å²) in [6.45, 7) is 11.0. The number of carbonyl (C=O) groups is 1. The fourth-order valence-corrected chi connectivity index (χ4v) is 3.77. The van der Waals surface area contributed by atoms with Gasteiger partial charge < -0.3 is 5.32 Å². The summed E-state index contributed by atoms with van der Waals surface area (Å²) in [5, 5.41) is 3.40. The molecule has 0 saturated carbocycles. The maximum Gasteiger partial charge on any atom is 0.234 e. The smallest absolute Gasteiger partial charge is 0.234 e. The summed E-state index contributed by atoms with van der Waals surface area (Å²) in [7, 11) is 0. The molecule has 2 atom stereocenters. The van der Waals surface area contributed by atoms with E-state index in [4.69, 9.17) is 0 Å². The SMILES string of the molecule is CCC(C)CC=CNc1cc(N2C=CC(C3=CC=C(C)C(C)C3)=CCC2=O)ccc1C. The second-order valence-electron chi connectivity index (χ2n) is 8.95. The van der Waals surface area contributed by atoms with E-state index in [-0.39, 0.29) is 5.91 Å². The first-order chi connectivity index (χ1) is 14.9. The van der Waals surface area contributed by atoms with Crippen LogP contribution in [0.3, 0.4) is 0 Å². The molecule has 0 spiro atoms. The van der Waals surface area contributed by atoms with Gasteiger partial charge in [-0.3, -0.25) is 9.69 Å². The third kappa shape index (κ3) is 5.88. The molecular formula is C28H36N2O. The van der Waals surface area contributed by atoms with E-state index in [9.17, 15) is 4.79 Å². The number of hydrogen-bond acceptors (Lipinski definition) is 2. The van der Waals surface area contributed by atoms with E-state index in [0.717, 1.165) is 35.4 Å². The lowest BCUT2D eigenvalue weighted by Crippen LogP contribution is -2.23. The summed E-state index contributed by atoms with van der Waals surface area (Å²) in [5.41, 5.74) is 6.96. The topological polar surface area (TPSA) is 32.3 Å². The highest BCUT2D eigenvalue weighted by molar-refractivity contribution is 5.97. The van der Waals surface area contributed by atoms with Crippen molar-refractivity contribution in [3.05, 3.63) is 83.3 Å². The second-order valence-corrected chi connectivity index (χ2v) is 8.95. The molecule has 0 saturated heterocycles. The molecule has 1 aromatic carbocycles. The zero-order valence-electron chi connectivity index (χ0n) is 19.6. The van der Waals surface area contributed by atoms with Gasteiger partial charge in [-0.15, -0.1) is 0 Å². The molecule has 1 aliphatic carbocycles. The molecule has 0 fully saturated rings. The molecule has 3 heteroatoms. The number of carbonyl (C=O) groups excluding carboxylic acids is 1. The van der Waals surface area contributed by atoms with Crippen LogP contribution in [0.5, 0.6) is 0 Å². The molecule has 3 nitrogen and oxygen atoms in total. The first-order valence-corrected chi connectivity index (χ1v) is 11.5. The Labute approximate surface area is 187 Å². The number of amides is 1. The van der Waals surface area contributed by atoms with Crippen molar-refractivity contribution in [2.75, 3.05) is 10.2 Å². The van der Waals surface area contributed by atoms with Crippen molar-refractivity contribution in [2.24, 2.45) is 11.8 Å². The number of nitrogens with one attached hydrogen (secondary N) is 1. The summed E-state index contributed by atoms with van der Waals surface area (Å²) in [4.78, 5) is 14.7. The molecule has 1 heterocycles. The molecule has 2 aliphatic rings. The van der Waals surface area contributed by atoms with E-state index < -0.39 is 0 Å². The van der Waals surface area contributed by atoms with E-state index in [2.05, 4.69) is 82.4 Å². The summed E-state index contributed by atoms with van der Waals surface area (Å²) < 4.78 is 0. The third-order valence-electron chi connectivity index (χ3n) is 6.48. The van der Waals surface area contributed by atoms with Gasteiger partial charge in [0.25, 0.3) is 0 Å². The molecule has 0 bridgehead atoms. The maximum absolute atomic E-state index is 12.9. The predicted octanol–water partition coefficient (Wildman–Crippen LogP) is 7.45. The van der Waals surface area contributed by atoms with Crippen LogP contribution >= 0.6 is 0 Å². The Balaban J connectivity index is 1.76. The van der Waals surface area contributed by atoms with Gasteiger partial charge in [0.15, 0.2) is 0 Å². The van der Waals surface area contributed by atoms with Gasteiger partial charge in [-0.1, -0.05) is 63.1 Å². The lowest BCUT2D eigenvalue weighted by Gasteiger charge is -2.20. The standard InChI is InChI=1S/C28H36N2O/c1-6-20(2)8-7-16-29-27-19-26(13-10-22(27)4)30-17-15-24(12-14-28(30)31)25-11-9-21(3)23(5)18-25/h7,9-13,15-17,19-20,23,29H,6,8,14,18H2,1-5H3. The van der Waals surface area contributed by atoms with Crippen LogP contribution in [0.1, 0.15) is 58.9 Å². The van der Waals surface area contributed by atoms with Crippen LogP contribution < -0.4 is 10.2 Å². The minimum absolute atomic E-state index is 0.0875. The Bertz CT molecular complexity index is 961. The fourth-order valence-electron chi connectivity index (χ4n) is 3.77. The number of rotatable bonds is 7. The molecule has 1 aromatic rings. The van der Waals surface area contributed by atoms with E-state index in [1.54, 1.807) is 4.90 Å². The van der Waals surface area contributed by atoms with E-state index >= 15 is 0 Å². The Hall–Kier alpha value is -2.81. The van der Waals surface area contributed by atoms with E-state index in [1.807, 2.05) is 18.5 Å². The number of aryl methyl sites for hydroxylation is 1. The van der Waals surface area contributed by atoms with Crippen LogP contribution in [0.4, 0.5) is 11.4 Å². The van der Waals surface area contributed by atoms with Gasteiger partial charge in [-0.25, -0.2) is 0 Å². The molecule has 2 unspecified atom stereocenters. The van der Waals surface area contributed by atoms with Crippen LogP contribution in [0.15, 0.2) is 77.7 Å². The molecule has 1 aliphatic heterocycles. The Morgan fingerprint density at radius 3 is 2.81 bits per heavy atom. The lowest BCUT2D eigenvalue weighted by molar-refractivity contribution is -0.117. The van der Waals surface area contributed by atoms with Crippen molar-refractivity contribution in [1.82, 2.24) is 0 Å². The molecule has 1 amide bonds. The van der Waals surface area contributed by atoms with Gasteiger partial charge in [-0.05, 0) is 79.6 Å². The molecule has 31 heavy (non-hydrogen) atoms. The van der Waals surface area contributed by atoms with Gasteiger partial charge in [0, 0.05) is 18.3 Å². The Morgan fingerprint density at radius 2 is 2.06 bits per heavy atom. The first kappa shape index (κ1) is 22.9. The van der Waals surface area contributed by atoms with Crippen LogP contribution in [0.2, 0.25) is 0 Å². The molecule has 0 aromatic heterocycles. The fraction of sp³-hybridized carbons (Fsp3) is 0.393. The number of nitrogens with zero attached hydrogens (tertiary/aromatic N) is 1. The van der Waals surface area contributed by atoms with Gasteiger partial charge in [-0.2, -0.15) is 0 Å². The molecule has 164 valence electrons. The van der Waals surface area contributed by atoms with Crippen molar-refractivity contribution in [1.29, 1.82) is 0 Å². The quantitative estimate of drug-likeness (QED) is 0.501. The maximum atomic E-state index is 12.9. The van der Waals surface area contributed by atoms with Crippen molar-refractivity contribution in [2.45, 2.75) is 60.3 Å². The van der Waals surface area contributed by atoms with E-state index in [0.29, 0.717) is 18.3 Å². The average molecular weight is 417 g/mol. The summed E-state index contributed by atoms with van der Waals surface area (Å²) in [6.07, 6.45) is 18.3. The van der Waals surface area contributed by atoms with Crippen LogP contribution in [-0.2, 0) is 4.79 Å². The zero-order valence-corrected chi connectivity index (χ0v) is 19.6. The summed E-state index contributed by atoms with van der Waals surface area (Å²) >= 11 is 0. The predicted molar refractivity (Wildman–Crippen MR) is 133 cm³/mol. The Morgan fingerprint density at radius 1 is 1.26 bits per heavy atom. The van der Waals surface area contributed by atoms with Crippen LogP contribution in [0, 0.1) is 18.8 Å². The Kier molecular flexibility index (Phi) is 7.73. The molecule has 1 N–H and O–H groups in total. The van der Waals surface area contributed by atoms with Crippen molar-refractivity contribution < 1.29 is 4.79 Å². The molecule has 0 radical (unpaired) electrons. The zero-order chi connectivity index (χ0) is 22.4. The monoisotopic (exact) mass is 416 g/mol. The number of allylic oxidation sites excluding steroid dienone is 7. The average Bonchev–Trinajstić information content (AvgIpc) is 2.96. The third-order valence-corrected chi connectivity index (χ3v) is 6.48. The first-order valence-electron chi connectivity index (χ1n) is 11.5. The minimum atomic E-state index is 0.0875. The van der Waals surface area contributed by atoms with Crippen molar-refractivity contribution in [3.8, 4) is 0 Å². The molecular weight excluding hydrogens is 380 g/mol. The second kappa shape index (κ2) is 10.5. The number of benzene rings is 1. The van der Waals surface area contributed by atoms with Gasteiger partial charge in [0.05, 0.1) is 5.69 Å². The van der Waals surface area contributed by atoms with Gasteiger partial charge in [0.1, 0.15) is 0 Å². The summed E-state index contributed by atoms with van der Waals surface area (Å²) in [5.74, 6) is 1.32. The van der Waals surface area contributed by atoms with Gasteiger partial charge in [0.2, 0.25) is 5.91 Å². The molecule has 3 rings (SSSR count). The summed E-state index contributed by atoms with van der Waals surface area (Å²) in [6, 6.07) is 6.15. The number of hydrogen-bond donors (Lipinski definition) is 1.